The van der Waals surface area contributed by atoms with Crippen molar-refractivity contribution in [1.82, 2.24) is 5.23 Å². The highest BCUT2D eigenvalue weighted by atomic mass is 32.2. The van der Waals surface area contributed by atoms with Gasteiger partial charge in [-0.1, -0.05) is 6.58 Å². The van der Waals surface area contributed by atoms with Gasteiger partial charge in [-0.3, -0.25) is 0 Å². The fraction of sp³-hybridized carbons (Fsp3) is 0.143. The fourth-order valence-corrected chi connectivity index (χ4v) is 1.01. The molecule has 0 aliphatic rings. The van der Waals surface area contributed by atoms with Gasteiger partial charge in [-0.25, -0.2) is 0 Å². The minimum absolute atomic E-state index is 0.409. The second-order valence-electron chi connectivity index (χ2n) is 2.38. The maximum absolute atomic E-state index is 10.9. The molecular weight excluding hydrogens is 185 g/mol. The Labute approximate surface area is 82.5 Å². The van der Waals surface area contributed by atoms with Crippen LogP contribution >= 0.6 is 0 Å². The van der Waals surface area contributed by atoms with Gasteiger partial charge in [-0.05, 0) is 13.0 Å². The zero-order valence-corrected chi connectivity index (χ0v) is 8.65. The molecule has 0 heterocycles. The Kier molecular flexibility index (Phi) is 5.37. The number of allylic oxidation sites excluding steroid dienone is 3. The highest BCUT2D eigenvalue weighted by Gasteiger charge is 2.05. The van der Waals surface area contributed by atoms with Crippen LogP contribution in [0.2, 0.25) is 0 Å². The summed E-state index contributed by atoms with van der Waals surface area (Å²) in [6.07, 6.45) is 2.96. The van der Waals surface area contributed by atoms with Gasteiger partial charge in [0.25, 0.3) is 0 Å². The maximum Gasteiger partial charge on any atom is 0.213 e. The van der Waals surface area contributed by atoms with E-state index in [2.05, 4.69) is 11.8 Å². The number of nitrogens with two attached hydrogens (primary N) is 2. The first kappa shape index (κ1) is 12.2. The molecule has 0 aliphatic heterocycles. The zero-order valence-electron chi connectivity index (χ0n) is 7.83. The van der Waals surface area contributed by atoms with Gasteiger partial charge < -0.3 is 15.5 Å². The topological polar surface area (TPSA) is 87.1 Å². The molecule has 0 amide bonds. The third kappa shape index (κ3) is 4.07. The number of hydrogen-bond acceptors (Lipinski definition) is 4. The molecule has 13 heavy (non-hydrogen) atoms. The molecule has 0 spiro atoms. The first-order chi connectivity index (χ1) is 6.02. The fourth-order valence-electron chi connectivity index (χ4n) is 0.605. The van der Waals surface area contributed by atoms with Gasteiger partial charge in [0.1, 0.15) is 0 Å². The molecule has 0 aromatic rings. The minimum atomic E-state index is -1.54. The third-order valence-corrected chi connectivity index (χ3v) is 2.29. The van der Waals surface area contributed by atoms with Crippen LogP contribution in [-0.2, 0) is 11.4 Å². The van der Waals surface area contributed by atoms with Crippen molar-refractivity contribution in [3.63, 3.8) is 0 Å². The second-order valence-corrected chi connectivity index (χ2v) is 3.44. The van der Waals surface area contributed by atoms with Crippen molar-refractivity contribution in [2.45, 2.75) is 6.92 Å². The Morgan fingerprint density at radius 1 is 1.69 bits per heavy atom. The van der Waals surface area contributed by atoms with E-state index < -0.39 is 11.4 Å². The molecule has 0 aromatic carbocycles. The molecule has 1 unspecified atom stereocenters. The molecule has 0 radical (unpaired) electrons. The molecule has 0 aliphatic carbocycles. The predicted octanol–water partition coefficient (Wildman–Crippen LogP) is -0.993. The summed E-state index contributed by atoms with van der Waals surface area (Å²) in [5, 5.41) is 8.04. The molecule has 5 N–H and O–H groups in total. The van der Waals surface area contributed by atoms with Gasteiger partial charge in [0.15, 0.2) is 4.91 Å². The lowest BCUT2D eigenvalue weighted by Crippen LogP contribution is -2.16. The van der Waals surface area contributed by atoms with Gasteiger partial charge in [-0.2, -0.15) is 0 Å². The molecule has 0 fully saturated rings. The average Bonchev–Trinajstić information content (AvgIpc) is 2.11. The van der Waals surface area contributed by atoms with Crippen LogP contribution in [0, 0.1) is 0 Å². The summed E-state index contributed by atoms with van der Waals surface area (Å²) in [5.41, 5.74) is 6.94. The van der Waals surface area contributed by atoms with E-state index in [4.69, 9.17) is 10.9 Å². The van der Waals surface area contributed by atoms with Crippen molar-refractivity contribution >= 4 is 19.3 Å². The Hall–Kier alpha value is -0.845. The second kappa shape index (κ2) is 5.74. The first-order valence-corrected chi connectivity index (χ1v) is 4.88. The number of hydrogen-bond donors (Lipinski definition) is 3. The van der Waals surface area contributed by atoms with Gasteiger partial charge >= 0.3 is 0 Å². The lowest BCUT2D eigenvalue weighted by atomic mass is 10.2. The van der Waals surface area contributed by atoms with E-state index in [1.807, 2.05) is 6.92 Å². The highest BCUT2D eigenvalue weighted by Crippen LogP contribution is 2.06. The van der Waals surface area contributed by atoms with Crippen LogP contribution in [-0.4, -0.2) is 12.5 Å². The van der Waals surface area contributed by atoms with Crippen molar-refractivity contribution in [2.24, 2.45) is 10.9 Å². The Balaban J connectivity index is 4.80. The van der Waals surface area contributed by atoms with E-state index >= 15 is 0 Å². The molecule has 0 aromatic heterocycles. The van der Waals surface area contributed by atoms with Gasteiger partial charge in [-0.15, -0.1) is 5.14 Å². The van der Waals surface area contributed by atoms with E-state index in [1.54, 1.807) is 7.98 Å². The normalized spacial score (nSPS) is 16.1. The maximum atomic E-state index is 10.9. The average molecular weight is 199 g/mol. The summed E-state index contributed by atoms with van der Waals surface area (Å²) in [4.78, 5) is 0.409. The van der Waals surface area contributed by atoms with Crippen LogP contribution in [0.15, 0.2) is 35.0 Å². The van der Waals surface area contributed by atoms with Gasteiger partial charge in [0.2, 0.25) is 7.98 Å². The summed E-state index contributed by atoms with van der Waals surface area (Å²) in [7, 11) is 1.75. The van der Waals surface area contributed by atoms with Crippen molar-refractivity contribution in [3.8, 4) is 0 Å². The minimum Gasteiger partial charge on any atom is -0.593 e. The summed E-state index contributed by atoms with van der Waals surface area (Å²) < 4.78 is 10.9. The van der Waals surface area contributed by atoms with Gasteiger partial charge in [0.05, 0.1) is 17.1 Å². The van der Waals surface area contributed by atoms with Crippen LogP contribution in [0.1, 0.15) is 6.92 Å². The van der Waals surface area contributed by atoms with E-state index in [-0.39, 0.29) is 0 Å². The monoisotopic (exact) mass is 199 g/mol. The van der Waals surface area contributed by atoms with E-state index in [1.165, 1.54) is 12.2 Å². The molecule has 4 nitrogen and oxygen atoms in total. The molecule has 0 rings (SSSR count). The van der Waals surface area contributed by atoms with Crippen molar-refractivity contribution in [2.75, 3.05) is 0 Å². The van der Waals surface area contributed by atoms with Crippen LogP contribution in [0.5, 0.6) is 0 Å². The molecule has 72 valence electrons. The SMILES string of the molecule is BN/C(C)=C(N)/C=C(\C=C)[S+](N)[O-]. The van der Waals surface area contributed by atoms with Crippen molar-refractivity contribution in [3.05, 3.63) is 35.0 Å². The summed E-state index contributed by atoms with van der Waals surface area (Å²) in [6.45, 7) is 5.29. The van der Waals surface area contributed by atoms with Crippen molar-refractivity contribution < 1.29 is 4.55 Å². The number of rotatable bonds is 4. The van der Waals surface area contributed by atoms with Crippen LogP contribution < -0.4 is 16.1 Å². The van der Waals surface area contributed by atoms with Crippen molar-refractivity contribution in [1.29, 1.82) is 0 Å². The molecule has 6 heteroatoms. The highest BCUT2D eigenvalue weighted by molar-refractivity contribution is 7.93. The van der Waals surface area contributed by atoms with Crippen LogP contribution in [0.3, 0.4) is 0 Å². The zero-order chi connectivity index (χ0) is 10.4. The quantitative estimate of drug-likeness (QED) is 0.308. The molecular formula is C7H14BN3OS. The Bertz CT molecular complexity index is 250. The molecule has 1 atom stereocenters. The smallest absolute Gasteiger partial charge is 0.213 e. The Morgan fingerprint density at radius 2 is 2.23 bits per heavy atom. The number of nitrogens with one attached hydrogen (secondary N) is 1. The lowest BCUT2D eigenvalue weighted by molar-refractivity contribution is 0.603. The summed E-state index contributed by atoms with van der Waals surface area (Å²) in [5.74, 6) is 0. The molecule has 0 saturated carbocycles. The third-order valence-electron chi connectivity index (χ3n) is 1.54. The first-order valence-electron chi connectivity index (χ1n) is 3.67. The lowest BCUT2D eigenvalue weighted by Gasteiger charge is -2.05. The summed E-state index contributed by atoms with van der Waals surface area (Å²) >= 11 is -1.54. The largest absolute Gasteiger partial charge is 0.593 e. The summed E-state index contributed by atoms with van der Waals surface area (Å²) in [6, 6.07) is 0. The van der Waals surface area contributed by atoms with E-state index in [0.717, 1.165) is 5.70 Å². The van der Waals surface area contributed by atoms with E-state index in [0.29, 0.717) is 10.6 Å². The van der Waals surface area contributed by atoms with Gasteiger partial charge in [0, 0.05) is 11.8 Å². The van der Waals surface area contributed by atoms with Crippen LogP contribution in [0.25, 0.3) is 0 Å². The predicted molar refractivity (Wildman–Crippen MR) is 59.2 cm³/mol. The Morgan fingerprint density at radius 3 is 2.54 bits per heavy atom. The standard InChI is InChI=1S/C7H14BN3OS/c1-3-6(13(10)12)4-7(9)5(2)11-8/h3-4,11H,1,8-10H2,2H3/b6-4+,7-5-. The van der Waals surface area contributed by atoms with E-state index in [9.17, 15) is 4.55 Å². The molecule has 0 saturated heterocycles. The molecule has 0 bridgehead atoms. The van der Waals surface area contributed by atoms with Crippen LogP contribution in [0.4, 0.5) is 0 Å².